The van der Waals surface area contributed by atoms with Crippen LogP contribution in [0.3, 0.4) is 0 Å². The molecule has 0 amide bonds. The topological polar surface area (TPSA) is 86.3 Å². The van der Waals surface area contributed by atoms with Gasteiger partial charge in [-0.05, 0) is 24.8 Å². The lowest BCUT2D eigenvalue weighted by Gasteiger charge is -2.12. The molecule has 1 rings (SSSR count). The minimum Gasteiger partial charge on any atom is -0.258 e. The van der Waals surface area contributed by atoms with Crippen LogP contribution < -0.4 is 0 Å². The van der Waals surface area contributed by atoms with Crippen LogP contribution in [0.4, 0.5) is 11.4 Å². The molecule has 0 saturated heterocycles. The van der Waals surface area contributed by atoms with E-state index in [0.717, 1.165) is 12.5 Å². The van der Waals surface area contributed by atoms with E-state index in [1.807, 2.05) is 13.8 Å². The number of nitrogens with zero attached hydrogens (tertiary/aromatic N) is 2. The van der Waals surface area contributed by atoms with E-state index in [1.165, 1.54) is 6.07 Å². The first kappa shape index (κ1) is 13.1. The maximum atomic E-state index is 10.8. The van der Waals surface area contributed by atoms with Crippen LogP contribution in [-0.2, 0) is 0 Å². The highest BCUT2D eigenvalue weighted by molar-refractivity contribution is 5.54. The quantitative estimate of drug-likeness (QED) is 0.594. The van der Waals surface area contributed by atoms with E-state index < -0.39 is 9.85 Å². The predicted octanol–water partition coefficient (Wildman–Crippen LogP) is 3.32. The largest absolute Gasteiger partial charge is 0.279 e. The maximum Gasteiger partial charge on any atom is 0.279 e. The van der Waals surface area contributed by atoms with E-state index in [4.69, 9.17) is 0 Å². The molecule has 1 atom stereocenters. The third-order valence-electron chi connectivity index (χ3n) is 2.96. The second-order valence-electron chi connectivity index (χ2n) is 4.00. The Bertz CT molecular complexity index is 471. The van der Waals surface area contributed by atoms with Crippen LogP contribution in [-0.4, -0.2) is 9.85 Å². The lowest BCUT2D eigenvalue weighted by Crippen LogP contribution is -2.02. The smallest absolute Gasteiger partial charge is 0.258 e. The SMILES string of the molecule is CCC(C)c1cc([N+](=O)[O-])cc([N+](=O)[O-])c1C. The van der Waals surface area contributed by atoms with Crippen molar-refractivity contribution >= 4 is 11.4 Å². The third-order valence-corrected chi connectivity index (χ3v) is 2.96. The minimum atomic E-state index is -0.599. The molecule has 0 fully saturated rings. The van der Waals surface area contributed by atoms with Crippen LogP contribution >= 0.6 is 0 Å². The summed E-state index contributed by atoms with van der Waals surface area (Å²) in [6.45, 7) is 5.47. The summed E-state index contributed by atoms with van der Waals surface area (Å²) in [6.07, 6.45) is 0.777. The average Bonchev–Trinajstić information content (AvgIpc) is 2.27. The molecule has 0 N–H and O–H groups in total. The van der Waals surface area contributed by atoms with Gasteiger partial charge < -0.3 is 0 Å². The fourth-order valence-corrected chi connectivity index (χ4v) is 1.73. The summed E-state index contributed by atoms with van der Waals surface area (Å²) in [4.78, 5) is 20.4. The van der Waals surface area contributed by atoms with Gasteiger partial charge in [-0.2, -0.15) is 0 Å². The van der Waals surface area contributed by atoms with E-state index in [9.17, 15) is 20.2 Å². The molecule has 0 saturated carbocycles. The van der Waals surface area contributed by atoms with Crippen molar-refractivity contribution in [3.63, 3.8) is 0 Å². The van der Waals surface area contributed by atoms with Gasteiger partial charge in [0.2, 0.25) is 0 Å². The first-order valence-corrected chi connectivity index (χ1v) is 5.31. The molecule has 0 aliphatic carbocycles. The van der Waals surface area contributed by atoms with Crippen molar-refractivity contribution < 1.29 is 9.85 Å². The van der Waals surface area contributed by atoms with Crippen LogP contribution in [0.1, 0.15) is 37.3 Å². The summed E-state index contributed by atoms with van der Waals surface area (Å²) in [6, 6.07) is 2.44. The summed E-state index contributed by atoms with van der Waals surface area (Å²) < 4.78 is 0. The molecule has 0 spiro atoms. The second kappa shape index (κ2) is 4.90. The number of hydrogen-bond donors (Lipinski definition) is 0. The molecule has 0 bridgehead atoms. The number of hydrogen-bond acceptors (Lipinski definition) is 4. The first-order valence-electron chi connectivity index (χ1n) is 5.31. The number of non-ortho nitro benzene ring substituents is 1. The van der Waals surface area contributed by atoms with Gasteiger partial charge in [0.1, 0.15) is 0 Å². The number of nitro benzene ring substituents is 2. The fraction of sp³-hybridized carbons (Fsp3) is 0.455. The molecular weight excluding hydrogens is 224 g/mol. The Morgan fingerprint density at radius 1 is 1.24 bits per heavy atom. The monoisotopic (exact) mass is 238 g/mol. The van der Waals surface area contributed by atoms with Crippen molar-refractivity contribution in [1.82, 2.24) is 0 Å². The summed E-state index contributed by atoms with van der Waals surface area (Å²) in [5.41, 5.74) is 0.774. The molecule has 1 aromatic carbocycles. The Morgan fingerprint density at radius 2 is 1.82 bits per heavy atom. The first-order chi connectivity index (χ1) is 7.88. The van der Waals surface area contributed by atoms with Crippen LogP contribution in [0, 0.1) is 27.2 Å². The average molecular weight is 238 g/mol. The predicted molar refractivity (Wildman–Crippen MR) is 63.2 cm³/mol. The van der Waals surface area contributed by atoms with E-state index >= 15 is 0 Å². The molecule has 0 radical (unpaired) electrons. The van der Waals surface area contributed by atoms with Crippen molar-refractivity contribution in [3.8, 4) is 0 Å². The molecular formula is C11H14N2O4. The molecule has 1 unspecified atom stereocenters. The van der Waals surface area contributed by atoms with Crippen molar-refractivity contribution in [3.05, 3.63) is 43.5 Å². The zero-order chi connectivity index (χ0) is 13.2. The van der Waals surface area contributed by atoms with Gasteiger partial charge in [0, 0.05) is 11.6 Å². The van der Waals surface area contributed by atoms with Crippen molar-refractivity contribution in [1.29, 1.82) is 0 Å². The van der Waals surface area contributed by atoms with Crippen LogP contribution in [0.2, 0.25) is 0 Å². The number of nitro groups is 2. The van der Waals surface area contributed by atoms with Gasteiger partial charge in [0.15, 0.2) is 0 Å². The van der Waals surface area contributed by atoms with E-state index in [-0.39, 0.29) is 17.3 Å². The van der Waals surface area contributed by atoms with Crippen molar-refractivity contribution in [2.45, 2.75) is 33.1 Å². The van der Waals surface area contributed by atoms with Gasteiger partial charge >= 0.3 is 0 Å². The summed E-state index contributed by atoms with van der Waals surface area (Å²) in [5.74, 6) is 0.0635. The molecule has 92 valence electrons. The third kappa shape index (κ3) is 2.58. The van der Waals surface area contributed by atoms with Gasteiger partial charge in [-0.25, -0.2) is 0 Å². The number of rotatable bonds is 4. The zero-order valence-electron chi connectivity index (χ0n) is 9.97. The Balaban J connectivity index is 3.48. The highest BCUT2D eigenvalue weighted by Crippen LogP contribution is 2.33. The highest BCUT2D eigenvalue weighted by atomic mass is 16.6. The lowest BCUT2D eigenvalue weighted by molar-refractivity contribution is -0.394. The normalized spacial score (nSPS) is 12.2. The molecule has 17 heavy (non-hydrogen) atoms. The van der Waals surface area contributed by atoms with Crippen LogP contribution in [0.15, 0.2) is 12.1 Å². The highest BCUT2D eigenvalue weighted by Gasteiger charge is 2.23. The molecule has 1 aromatic rings. The van der Waals surface area contributed by atoms with Gasteiger partial charge in [0.05, 0.1) is 15.9 Å². The van der Waals surface area contributed by atoms with Gasteiger partial charge in [0.25, 0.3) is 11.4 Å². The lowest BCUT2D eigenvalue weighted by atomic mass is 9.93. The Hall–Kier alpha value is -1.98. The fourth-order valence-electron chi connectivity index (χ4n) is 1.73. The van der Waals surface area contributed by atoms with Crippen LogP contribution in [0.25, 0.3) is 0 Å². The molecule has 6 heteroatoms. The summed E-state index contributed by atoms with van der Waals surface area (Å²) >= 11 is 0. The van der Waals surface area contributed by atoms with Gasteiger partial charge in [-0.1, -0.05) is 13.8 Å². The van der Waals surface area contributed by atoms with Crippen molar-refractivity contribution in [2.75, 3.05) is 0 Å². The Morgan fingerprint density at radius 3 is 2.24 bits per heavy atom. The molecule has 6 nitrogen and oxygen atoms in total. The molecule has 0 aliphatic heterocycles. The van der Waals surface area contributed by atoms with E-state index in [2.05, 4.69) is 0 Å². The summed E-state index contributed by atoms with van der Waals surface area (Å²) in [5, 5.41) is 21.6. The second-order valence-corrected chi connectivity index (χ2v) is 4.00. The minimum absolute atomic E-state index is 0.0635. The van der Waals surface area contributed by atoms with Crippen LogP contribution in [0.5, 0.6) is 0 Å². The van der Waals surface area contributed by atoms with Gasteiger partial charge in [-0.15, -0.1) is 0 Å². The molecule has 0 aliphatic rings. The van der Waals surface area contributed by atoms with E-state index in [1.54, 1.807) is 6.92 Å². The van der Waals surface area contributed by atoms with E-state index in [0.29, 0.717) is 11.1 Å². The molecule has 0 aromatic heterocycles. The Kier molecular flexibility index (Phi) is 3.77. The standard InChI is InChI=1S/C11H14N2O4/c1-4-7(2)10-5-9(12(14)15)6-11(8(10)3)13(16)17/h5-7H,4H2,1-3H3. The zero-order valence-corrected chi connectivity index (χ0v) is 9.97. The van der Waals surface area contributed by atoms with Crippen molar-refractivity contribution in [2.24, 2.45) is 0 Å². The maximum absolute atomic E-state index is 10.8. The van der Waals surface area contributed by atoms with Gasteiger partial charge in [-0.3, -0.25) is 20.2 Å². The number of benzene rings is 1. The summed E-state index contributed by atoms with van der Waals surface area (Å²) in [7, 11) is 0. The Labute approximate surface area is 98.6 Å². The molecule has 0 heterocycles.